The number of pyridine rings is 1. The van der Waals surface area contributed by atoms with Gasteiger partial charge < -0.3 is 5.11 Å². The zero-order valence-corrected chi connectivity index (χ0v) is 6.33. The Hall–Kier alpha value is -1.15. The van der Waals surface area contributed by atoms with Gasteiger partial charge in [-0.25, -0.2) is 0 Å². The SMILES string of the molecule is C=Cc1cccnc1CCO. The molecule has 0 saturated heterocycles. The summed E-state index contributed by atoms with van der Waals surface area (Å²) in [6.07, 6.45) is 4.07. The first kappa shape index (κ1) is 7.95. The molecular weight excluding hydrogens is 138 g/mol. The van der Waals surface area contributed by atoms with Crippen LogP contribution in [0.3, 0.4) is 0 Å². The highest BCUT2D eigenvalue weighted by atomic mass is 16.3. The van der Waals surface area contributed by atoms with E-state index < -0.39 is 0 Å². The van der Waals surface area contributed by atoms with Crippen LogP contribution in [0.1, 0.15) is 11.3 Å². The Morgan fingerprint density at radius 3 is 3.09 bits per heavy atom. The van der Waals surface area contributed by atoms with E-state index in [4.69, 9.17) is 5.11 Å². The second-order valence-electron chi connectivity index (χ2n) is 2.22. The van der Waals surface area contributed by atoms with E-state index in [1.165, 1.54) is 0 Å². The molecular formula is C9H11NO. The summed E-state index contributed by atoms with van der Waals surface area (Å²) in [6.45, 7) is 3.79. The van der Waals surface area contributed by atoms with Gasteiger partial charge in [0, 0.05) is 24.9 Å². The van der Waals surface area contributed by atoms with E-state index in [2.05, 4.69) is 11.6 Å². The first-order valence-electron chi connectivity index (χ1n) is 3.55. The second-order valence-corrected chi connectivity index (χ2v) is 2.22. The first-order chi connectivity index (χ1) is 5.38. The molecule has 0 unspecified atom stereocenters. The third kappa shape index (κ3) is 1.88. The predicted molar refractivity (Wildman–Crippen MR) is 45.1 cm³/mol. The third-order valence-electron chi connectivity index (χ3n) is 1.49. The lowest BCUT2D eigenvalue weighted by Crippen LogP contribution is -1.96. The van der Waals surface area contributed by atoms with Crippen LogP contribution in [0.15, 0.2) is 24.9 Å². The molecule has 0 aliphatic heterocycles. The fourth-order valence-electron chi connectivity index (χ4n) is 0.951. The monoisotopic (exact) mass is 149 g/mol. The van der Waals surface area contributed by atoms with Crippen LogP contribution in [0.5, 0.6) is 0 Å². The lowest BCUT2D eigenvalue weighted by molar-refractivity contribution is 0.298. The molecule has 1 heterocycles. The van der Waals surface area contributed by atoms with Gasteiger partial charge in [0.05, 0.1) is 0 Å². The number of nitrogens with zero attached hydrogens (tertiary/aromatic N) is 1. The molecule has 1 rings (SSSR count). The van der Waals surface area contributed by atoms with Gasteiger partial charge in [-0.15, -0.1) is 0 Å². The van der Waals surface area contributed by atoms with E-state index >= 15 is 0 Å². The van der Waals surface area contributed by atoms with E-state index in [0.29, 0.717) is 6.42 Å². The summed E-state index contributed by atoms with van der Waals surface area (Å²) in [5.41, 5.74) is 1.91. The van der Waals surface area contributed by atoms with Crippen molar-refractivity contribution in [2.75, 3.05) is 6.61 Å². The van der Waals surface area contributed by atoms with Crippen LogP contribution in [0.4, 0.5) is 0 Å². The van der Waals surface area contributed by atoms with Crippen LogP contribution in [0, 0.1) is 0 Å². The van der Waals surface area contributed by atoms with Crippen molar-refractivity contribution in [3.05, 3.63) is 36.2 Å². The number of hydrogen-bond acceptors (Lipinski definition) is 2. The van der Waals surface area contributed by atoms with Crippen molar-refractivity contribution >= 4 is 6.08 Å². The van der Waals surface area contributed by atoms with Crippen molar-refractivity contribution in [2.45, 2.75) is 6.42 Å². The average molecular weight is 149 g/mol. The van der Waals surface area contributed by atoms with E-state index in [0.717, 1.165) is 11.3 Å². The molecule has 0 radical (unpaired) electrons. The summed E-state index contributed by atoms with van der Waals surface area (Å²) in [4.78, 5) is 4.11. The Morgan fingerprint density at radius 1 is 1.64 bits per heavy atom. The number of rotatable bonds is 3. The van der Waals surface area contributed by atoms with E-state index in [1.807, 2.05) is 12.1 Å². The zero-order chi connectivity index (χ0) is 8.10. The van der Waals surface area contributed by atoms with Gasteiger partial charge in [-0.3, -0.25) is 4.98 Å². The first-order valence-corrected chi connectivity index (χ1v) is 3.55. The van der Waals surface area contributed by atoms with Crippen LogP contribution < -0.4 is 0 Å². The number of aliphatic hydroxyl groups is 1. The molecule has 58 valence electrons. The highest BCUT2D eigenvalue weighted by molar-refractivity contribution is 5.49. The summed E-state index contributed by atoms with van der Waals surface area (Å²) in [6, 6.07) is 3.79. The van der Waals surface area contributed by atoms with Crippen LogP contribution in [0.2, 0.25) is 0 Å². The number of aliphatic hydroxyl groups excluding tert-OH is 1. The smallest absolute Gasteiger partial charge is 0.0498 e. The topological polar surface area (TPSA) is 33.1 Å². The molecule has 2 heteroatoms. The minimum atomic E-state index is 0.137. The Labute approximate surface area is 66.2 Å². The van der Waals surface area contributed by atoms with Crippen molar-refractivity contribution in [2.24, 2.45) is 0 Å². The molecule has 1 N–H and O–H groups in total. The quantitative estimate of drug-likeness (QED) is 0.701. The molecule has 0 saturated carbocycles. The van der Waals surface area contributed by atoms with Crippen LogP contribution in [-0.4, -0.2) is 16.7 Å². The summed E-state index contributed by atoms with van der Waals surface area (Å²) < 4.78 is 0. The van der Waals surface area contributed by atoms with Gasteiger partial charge in [0.25, 0.3) is 0 Å². The third-order valence-corrected chi connectivity index (χ3v) is 1.49. The molecule has 0 spiro atoms. The molecule has 1 aromatic heterocycles. The largest absolute Gasteiger partial charge is 0.396 e. The van der Waals surface area contributed by atoms with Gasteiger partial charge in [0.15, 0.2) is 0 Å². The average Bonchev–Trinajstić information content (AvgIpc) is 2.06. The lowest BCUT2D eigenvalue weighted by atomic mass is 10.1. The molecule has 0 aromatic carbocycles. The number of aromatic nitrogens is 1. The fourth-order valence-corrected chi connectivity index (χ4v) is 0.951. The van der Waals surface area contributed by atoms with E-state index in [1.54, 1.807) is 12.3 Å². The second kappa shape index (κ2) is 3.88. The maximum absolute atomic E-state index is 8.67. The summed E-state index contributed by atoms with van der Waals surface area (Å²) in [5, 5.41) is 8.67. The Kier molecular flexibility index (Phi) is 2.81. The summed E-state index contributed by atoms with van der Waals surface area (Å²) >= 11 is 0. The van der Waals surface area contributed by atoms with E-state index in [9.17, 15) is 0 Å². The van der Waals surface area contributed by atoms with Crippen LogP contribution >= 0.6 is 0 Å². The normalized spacial score (nSPS) is 9.55. The molecule has 2 nitrogen and oxygen atoms in total. The number of hydrogen-bond donors (Lipinski definition) is 1. The molecule has 0 aliphatic carbocycles. The van der Waals surface area contributed by atoms with E-state index in [-0.39, 0.29) is 6.61 Å². The molecule has 0 fully saturated rings. The maximum atomic E-state index is 8.67. The fraction of sp³-hybridized carbons (Fsp3) is 0.222. The van der Waals surface area contributed by atoms with Crippen molar-refractivity contribution in [1.82, 2.24) is 4.98 Å². The van der Waals surface area contributed by atoms with Gasteiger partial charge in [0.2, 0.25) is 0 Å². The summed E-state index contributed by atoms with van der Waals surface area (Å²) in [5.74, 6) is 0. The Bertz CT molecular complexity index is 245. The van der Waals surface area contributed by atoms with Gasteiger partial charge in [0.1, 0.15) is 0 Å². The lowest BCUT2D eigenvalue weighted by Gasteiger charge is -2.00. The minimum absolute atomic E-state index is 0.137. The van der Waals surface area contributed by atoms with Gasteiger partial charge >= 0.3 is 0 Å². The Balaban J connectivity index is 2.92. The standard InChI is InChI=1S/C9H11NO/c1-2-8-4-3-6-10-9(8)5-7-11/h2-4,6,11H,1,5,7H2. The molecule has 11 heavy (non-hydrogen) atoms. The van der Waals surface area contributed by atoms with Crippen LogP contribution in [-0.2, 0) is 6.42 Å². The molecule has 0 amide bonds. The molecule has 0 atom stereocenters. The van der Waals surface area contributed by atoms with Gasteiger partial charge in [-0.2, -0.15) is 0 Å². The maximum Gasteiger partial charge on any atom is 0.0498 e. The zero-order valence-electron chi connectivity index (χ0n) is 6.33. The Morgan fingerprint density at radius 2 is 2.45 bits per heavy atom. The summed E-state index contributed by atoms with van der Waals surface area (Å²) in [7, 11) is 0. The highest BCUT2D eigenvalue weighted by Crippen LogP contribution is 2.06. The highest BCUT2D eigenvalue weighted by Gasteiger charge is 1.96. The molecule has 1 aromatic rings. The molecule has 0 aliphatic rings. The van der Waals surface area contributed by atoms with Crippen molar-refractivity contribution < 1.29 is 5.11 Å². The van der Waals surface area contributed by atoms with Crippen molar-refractivity contribution in [1.29, 1.82) is 0 Å². The molecule has 0 bridgehead atoms. The van der Waals surface area contributed by atoms with Gasteiger partial charge in [-0.05, 0) is 11.6 Å². The van der Waals surface area contributed by atoms with Gasteiger partial charge in [-0.1, -0.05) is 18.7 Å². The van der Waals surface area contributed by atoms with Crippen molar-refractivity contribution in [3.63, 3.8) is 0 Å². The van der Waals surface area contributed by atoms with Crippen LogP contribution in [0.25, 0.3) is 6.08 Å². The predicted octanol–water partition coefficient (Wildman–Crippen LogP) is 1.26. The van der Waals surface area contributed by atoms with Crippen molar-refractivity contribution in [3.8, 4) is 0 Å². The minimum Gasteiger partial charge on any atom is -0.396 e.